The minimum atomic E-state index is -0.225. The van der Waals surface area contributed by atoms with E-state index in [1.54, 1.807) is 27.2 Å². The number of methoxy groups -OCH3 is 1. The summed E-state index contributed by atoms with van der Waals surface area (Å²) in [5.74, 6) is 1.73. The number of aromatic nitrogens is 4. The number of aryl methyl sites for hydroxylation is 2. The highest BCUT2D eigenvalue weighted by molar-refractivity contribution is 5.79. The van der Waals surface area contributed by atoms with E-state index < -0.39 is 0 Å². The van der Waals surface area contributed by atoms with Crippen molar-refractivity contribution in [3.8, 4) is 0 Å². The van der Waals surface area contributed by atoms with Crippen molar-refractivity contribution < 1.29 is 9.53 Å². The molecule has 0 unspecified atom stereocenters. The molecule has 3 rings (SSSR count). The van der Waals surface area contributed by atoms with Gasteiger partial charge in [-0.1, -0.05) is 0 Å². The number of hydrogen-bond donors (Lipinski definition) is 1. The average molecular weight is 373 g/mol. The number of nitrogens with one attached hydrogen (secondary N) is 1. The summed E-state index contributed by atoms with van der Waals surface area (Å²) in [6, 6.07) is 0. The lowest BCUT2D eigenvalue weighted by molar-refractivity contribution is -0.131. The van der Waals surface area contributed by atoms with Gasteiger partial charge in [-0.2, -0.15) is 0 Å². The van der Waals surface area contributed by atoms with E-state index in [9.17, 15) is 9.59 Å². The van der Waals surface area contributed by atoms with Gasteiger partial charge in [-0.3, -0.25) is 9.59 Å². The van der Waals surface area contributed by atoms with Crippen LogP contribution in [0.3, 0.4) is 0 Å². The molecule has 1 saturated heterocycles. The fourth-order valence-electron chi connectivity index (χ4n) is 3.70. The van der Waals surface area contributed by atoms with Crippen molar-refractivity contribution in [2.75, 3.05) is 26.8 Å². The van der Waals surface area contributed by atoms with E-state index in [2.05, 4.69) is 19.5 Å². The van der Waals surface area contributed by atoms with Gasteiger partial charge in [-0.05, 0) is 26.7 Å². The number of rotatable bonds is 6. The first-order valence-electron chi connectivity index (χ1n) is 9.33. The summed E-state index contributed by atoms with van der Waals surface area (Å²) < 4.78 is 7.26. The third-order valence-electron chi connectivity index (χ3n) is 5.09. The van der Waals surface area contributed by atoms with Crippen LogP contribution >= 0.6 is 0 Å². The van der Waals surface area contributed by atoms with E-state index in [0.29, 0.717) is 36.8 Å². The van der Waals surface area contributed by atoms with Crippen LogP contribution < -0.4 is 5.56 Å². The van der Waals surface area contributed by atoms with Gasteiger partial charge in [-0.15, -0.1) is 0 Å². The molecule has 1 N–H and O–H groups in total. The van der Waals surface area contributed by atoms with Crippen LogP contribution in [0.4, 0.5) is 0 Å². The van der Waals surface area contributed by atoms with Gasteiger partial charge in [0.05, 0.1) is 13.0 Å². The van der Waals surface area contributed by atoms with E-state index in [4.69, 9.17) is 4.74 Å². The number of imidazole rings is 1. The third-order valence-corrected chi connectivity index (χ3v) is 5.09. The van der Waals surface area contributed by atoms with Crippen LogP contribution in [0.15, 0.2) is 17.2 Å². The molecule has 3 heterocycles. The number of carbonyl (C=O) groups is 1. The zero-order chi connectivity index (χ0) is 19.4. The molecule has 2 aromatic heterocycles. The summed E-state index contributed by atoms with van der Waals surface area (Å²) >= 11 is 0. The molecule has 8 nitrogen and oxygen atoms in total. The zero-order valence-electron chi connectivity index (χ0n) is 16.2. The molecule has 146 valence electrons. The minimum absolute atomic E-state index is 0.0334. The Balaban J connectivity index is 1.70. The van der Waals surface area contributed by atoms with Gasteiger partial charge in [0, 0.05) is 56.3 Å². The number of carbonyl (C=O) groups excluding carboxylic acids is 1. The monoisotopic (exact) mass is 373 g/mol. The van der Waals surface area contributed by atoms with Crippen LogP contribution in [-0.4, -0.2) is 57.1 Å². The van der Waals surface area contributed by atoms with Gasteiger partial charge >= 0.3 is 0 Å². The fourth-order valence-corrected chi connectivity index (χ4v) is 3.70. The average Bonchev–Trinajstić information content (AvgIpc) is 3.11. The molecular weight excluding hydrogens is 346 g/mol. The number of amides is 1. The molecule has 0 saturated carbocycles. The highest BCUT2D eigenvalue weighted by atomic mass is 16.5. The van der Waals surface area contributed by atoms with Crippen LogP contribution in [0, 0.1) is 13.8 Å². The van der Waals surface area contributed by atoms with Crippen LogP contribution in [-0.2, 0) is 22.5 Å². The number of hydrogen-bond acceptors (Lipinski definition) is 5. The Morgan fingerprint density at radius 3 is 2.96 bits per heavy atom. The molecule has 0 aliphatic carbocycles. The van der Waals surface area contributed by atoms with Crippen LogP contribution in [0.5, 0.6) is 0 Å². The van der Waals surface area contributed by atoms with Gasteiger partial charge in [0.25, 0.3) is 5.56 Å². The molecule has 0 radical (unpaired) electrons. The predicted molar refractivity (Wildman–Crippen MR) is 101 cm³/mol. The normalized spacial score (nSPS) is 17.3. The summed E-state index contributed by atoms with van der Waals surface area (Å²) in [4.78, 5) is 38.3. The molecule has 1 fully saturated rings. The fraction of sp³-hybridized carbons (Fsp3) is 0.579. The number of piperidine rings is 1. The van der Waals surface area contributed by atoms with Crippen LogP contribution in [0.25, 0.3) is 0 Å². The molecule has 1 amide bonds. The van der Waals surface area contributed by atoms with Gasteiger partial charge in [0.2, 0.25) is 5.91 Å². The standard InChI is InChI=1S/C19H27N5O3/c1-13-16(19(26)22-14(2)21-13)11-17(25)24-7-4-5-15(12-24)18-20-6-8-23(18)9-10-27-3/h6,8,15H,4-5,7,9-12H2,1-3H3,(H,21,22,26)/t15-/m0/s1. The van der Waals surface area contributed by atoms with Crippen molar-refractivity contribution in [2.24, 2.45) is 0 Å². The van der Waals surface area contributed by atoms with E-state index in [0.717, 1.165) is 25.2 Å². The molecule has 0 spiro atoms. The maximum absolute atomic E-state index is 12.8. The second kappa shape index (κ2) is 8.47. The van der Waals surface area contributed by atoms with Crippen molar-refractivity contribution in [2.45, 2.75) is 45.6 Å². The van der Waals surface area contributed by atoms with Crippen molar-refractivity contribution in [1.82, 2.24) is 24.4 Å². The zero-order valence-corrected chi connectivity index (χ0v) is 16.2. The highest BCUT2D eigenvalue weighted by Gasteiger charge is 2.28. The summed E-state index contributed by atoms with van der Waals surface area (Å²) in [7, 11) is 1.68. The number of aromatic amines is 1. The lowest BCUT2D eigenvalue weighted by atomic mass is 9.96. The number of nitrogens with zero attached hydrogens (tertiary/aromatic N) is 4. The molecule has 0 bridgehead atoms. The molecule has 1 aliphatic rings. The topological polar surface area (TPSA) is 93.1 Å². The second-order valence-corrected chi connectivity index (χ2v) is 7.04. The Bertz CT molecular complexity index is 857. The van der Waals surface area contributed by atoms with Crippen molar-refractivity contribution in [1.29, 1.82) is 0 Å². The molecule has 8 heteroatoms. The van der Waals surface area contributed by atoms with Gasteiger partial charge < -0.3 is 19.2 Å². The minimum Gasteiger partial charge on any atom is -0.383 e. The molecule has 1 atom stereocenters. The summed E-state index contributed by atoms with van der Waals surface area (Å²) in [5, 5.41) is 0. The molecule has 2 aromatic rings. The van der Waals surface area contributed by atoms with Crippen LogP contribution in [0.2, 0.25) is 0 Å². The SMILES string of the molecule is COCCn1ccnc1[C@H]1CCCN(C(=O)Cc2c(C)nc(C)[nH]c2=O)C1. The summed E-state index contributed by atoms with van der Waals surface area (Å²) in [6.45, 7) is 6.22. The Morgan fingerprint density at radius 2 is 2.22 bits per heavy atom. The van der Waals surface area contributed by atoms with E-state index in [1.807, 2.05) is 11.1 Å². The van der Waals surface area contributed by atoms with Gasteiger partial charge in [-0.25, -0.2) is 9.97 Å². The summed E-state index contributed by atoms with van der Waals surface area (Å²) in [6.07, 6.45) is 5.76. The summed E-state index contributed by atoms with van der Waals surface area (Å²) in [5.41, 5.74) is 0.847. The highest BCUT2D eigenvalue weighted by Crippen LogP contribution is 2.26. The molecular formula is C19H27N5O3. The Hall–Kier alpha value is -2.48. The first-order chi connectivity index (χ1) is 13.0. The number of H-pyrrole nitrogens is 1. The first kappa shape index (κ1) is 19.3. The predicted octanol–water partition coefficient (Wildman–Crippen LogP) is 1.18. The molecule has 27 heavy (non-hydrogen) atoms. The van der Waals surface area contributed by atoms with Crippen molar-refractivity contribution in [3.05, 3.63) is 45.7 Å². The lowest BCUT2D eigenvalue weighted by Crippen LogP contribution is -2.41. The van der Waals surface area contributed by atoms with Gasteiger partial charge in [0.1, 0.15) is 11.6 Å². The third kappa shape index (κ3) is 4.44. The quantitative estimate of drug-likeness (QED) is 0.821. The largest absolute Gasteiger partial charge is 0.383 e. The number of likely N-dealkylation sites (tertiary alicyclic amines) is 1. The first-order valence-corrected chi connectivity index (χ1v) is 9.33. The van der Waals surface area contributed by atoms with E-state index >= 15 is 0 Å². The maximum Gasteiger partial charge on any atom is 0.254 e. The van der Waals surface area contributed by atoms with E-state index in [1.165, 1.54) is 0 Å². The second-order valence-electron chi connectivity index (χ2n) is 7.04. The van der Waals surface area contributed by atoms with Crippen molar-refractivity contribution >= 4 is 5.91 Å². The number of ether oxygens (including phenoxy) is 1. The van der Waals surface area contributed by atoms with E-state index in [-0.39, 0.29) is 23.8 Å². The van der Waals surface area contributed by atoms with Crippen molar-refractivity contribution in [3.63, 3.8) is 0 Å². The Labute approximate surface area is 158 Å². The maximum atomic E-state index is 12.8. The Morgan fingerprint density at radius 1 is 1.41 bits per heavy atom. The molecule has 1 aliphatic heterocycles. The smallest absolute Gasteiger partial charge is 0.254 e. The Kier molecular flexibility index (Phi) is 6.05. The lowest BCUT2D eigenvalue weighted by Gasteiger charge is -2.33. The molecule has 0 aromatic carbocycles. The van der Waals surface area contributed by atoms with Gasteiger partial charge in [0.15, 0.2) is 0 Å². The van der Waals surface area contributed by atoms with Crippen LogP contribution in [0.1, 0.15) is 41.7 Å².